The molecule has 0 unspecified atom stereocenters. The monoisotopic (exact) mass is 320 g/mol. The van der Waals surface area contributed by atoms with Gasteiger partial charge in [-0.1, -0.05) is 0 Å². The molecule has 0 aromatic carbocycles. The van der Waals surface area contributed by atoms with Gasteiger partial charge in [0.25, 0.3) is 5.91 Å². The molecule has 1 aromatic heterocycles. The van der Waals surface area contributed by atoms with E-state index in [1.807, 2.05) is 17.7 Å². The van der Waals surface area contributed by atoms with E-state index in [-0.39, 0.29) is 18.4 Å². The summed E-state index contributed by atoms with van der Waals surface area (Å²) < 4.78 is 7.11. The van der Waals surface area contributed by atoms with Gasteiger partial charge in [-0.3, -0.25) is 14.3 Å². The van der Waals surface area contributed by atoms with Crippen molar-refractivity contribution in [2.24, 2.45) is 0 Å². The minimum atomic E-state index is -0.0243. The van der Waals surface area contributed by atoms with Crippen LogP contribution in [0.15, 0.2) is 6.07 Å². The first kappa shape index (κ1) is 16.0. The van der Waals surface area contributed by atoms with Crippen molar-refractivity contribution in [3.63, 3.8) is 0 Å². The van der Waals surface area contributed by atoms with Crippen molar-refractivity contribution in [2.45, 2.75) is 32.7 Å². The lowest BCUT2D eigenvalue weighted by Crippen LogP contribution is -2.51. The van der Waals surface area contributed by atoms with Crippen LogP contribution in [-0.2, 0) is 22.5 Å². The van der Waals surface area contributed by atoms with Crippen LogP contribution < -0.4 is 0 Å². The first-order valence-electron chi connectivity index (χ1n) is 8.40. The molecule has 23 heavy (non-hydrogen) atoms. The van der Waals surface area contributed by atoms with Crippen LogP contribution in [0.4, 0.5) is 0 Å². The Morgan fingerprint density at radius 1 is 1.13 bits per heavy atom. The minimum Gasteiger partial charge on any atom is -0.372 e. The summed E-state index contributed by atoms with van der Waals surface area (Å²) in [7, 11) is 0. The van der Waals surface area contributed by atoms with Crippen molar-refractivity contribution in [3.05, 3.63) is 17.5 Å². The molecule has 0 aliphatic carbocycles. The number of amides is 2. The maximum Gasteiger partial charge on any atom is 0.274 e. The fraction of sp³-hybridized carbons (Fsp3) is 0.688. The summed E-state index contributed by atoms with van der Waals surface area (Å²) in [6.07, 6.45) is 3.29. The highest BCUT2D eigenvalue weighted by molar-refractivity contribution is 5.92. The maximum absolute atomic E-state index is 12.6. The highest BCUT2D eigenvalue weighted by Gasteiger charge is 2.27. The number of piperazine rings is 1. The van der Waals surface area contributed by atoms with Crippen molar-refractivity contribution in [3.8, 4) is 0 Å². The molecule has 1 aromatic rings. The molecule has 0 N–H and O–H groups in total. The average Bonchev–Trinajstić information content (AvgIpc) is 3.03. The number of carbonyl (C=O) groups is 2. The second kappa shape index (κ2) is 7.12. The Labute approximate surface area is 136 Å². The van der Waals surface area contributed by atoms with Crippen molar-refractivity contribution in [2.75, 3.05) is 39.4 Å². The van der Waals surface area contributed by atoms with Crippen LogP contribution in [0.25, 0.3) is 0 Å². The molecule has 1 saturated heterocycles. The molecule has 0 spiro atoms. The van der Waals surface area contributed by atoms with Gasteiger partial charge >= 0.3 is 0 Å². The number of carbonyl (C=O) groups excluding carboxylic acids is 2. The van der Waals surface area contributed by atoms with Crippen LogP contribution in [0.2, 0.25) is 0 Å². The summed E-state index contributed by atoms with van der Waals surface area (Å²) in [5, 5.41) is 4.45. The molecular formula is C16H24N4O3. The van der Waals surface area contributed by atoms with Crippen molar-refractivity contribution < 1.29 is 14.3 Å². The lowest BCUT2D eigenvalue weighted by atomic mass is 10.1. The molecule has 0 bridgehead atoms. The van der Waals surface area contributed by atoms with Crippen molar-refractivity contribution >= 4 is 11.8 Å². The number of aryl methyl sites for hydroxylation is 2. The summed E-state index contributed by atoms with van der Waals surface area (Å²) >= 11 is 0. The second-order valence-corrected chi connectivity index (χ2v) is 6.01. The van der Waals surface area contributed by atoms with Gasteiger partial charge in [-0.15, -0.1) is 0 Å². The Morgan fingerprint density at radius 2 is 1.87 bits per heavy atom. The lowest BCUT2D eigenvalue weighted by Gasteiger charge is -2.34. The van der Waals surface area contributed by atoms with Gasteiger partial charge in [0.1, 0.15) is 6.61 Å². The molecule has 0 saturated carbocycles. The van der Waals surface area contributed by atoms with Gasteiger partial charge < -0.3 is 14.5 Å². The highest BCUT2D eigenvalue weighted by atomic mass is 16.5. The number of rotatable bonds is 4. The zero-order valence-corrected chi connectivity index (χ0v) is 13.7. The van der Waals surface area contributed by atoms with Gasteiger partial charge in [0, 0.05) is 45.0 Å². The van der Waals surface area contributed by atoms with Crippen LogP contribution in [0, 0.1) is 0 Å². The van der Waals surface area contributed by atoms with Gasteiger partial charge in [0.2, 0.25) is 5.91 Å². The molecule has 0 radical (unpaired) electrons. The van der Waals surface area contributed by atoms with E-state index in [0.717, 1.165) is 25.1 Å². The van der Waals surface area contributed by atoms with Crippen molar-refractivity contribution in [1.82, 2.24) is 19.6 Å². The smallest absolute Gasteiger partial charge is 0.274 e. The van der Waals surface area contributed by atoms with Crippen molar-refractivity contribution in [1.29, 1.82) is 0 Å². The van der Waals surface area contributed by atoms with E-state index >= 15 is 0 Å². The number of nitrogens with zero attached hydrogens (tertiary/aromatic N) is 4. The minimum absolute atomic E-state index is 0.00333. The molecule has 0 atom stereocenters. The Hall–Kier alpha value is -1.89. The van der Waals surface area contributed by atoms with Gasteiger partial charge in [0.15, 0.2) is 5.69 Å². The zero-order valence-electron chi connectivity index (χ0n) is 13.7. The fourth-order valence-electron chi connectivity index (χ4n) is 3.12. The largest absolute Gasteiger partial charge is 0.372 e. The third-order valence-electron chi connectivity index (χ3n) is 4.48. The predicted molar refractivity (Wildman–Crippen MR) is 84.1 cm³/mol. The molecule has 2 amide bonds. The SMILES string of the molecule is CCOCC(=O)N1CCN(C(=O)c2cc3n(n2)CCCC3)CC1. The Morgan fingerprint density at radius 3 is 2.57 bits per heavy atom. The van der Waals surface area contributed by atoms with Crippen LogP contribution >= 0.6 is 0 Å². The molecule has 2 aliphatic rings. The Balaban J connectivity index is 1.56. The number of hydrogen-bond donors (Lipinski definition) is 0. The zero-order chi connectivity index (χ0) is 16.2. The van der Waals surface area contributed by atoms with Gasteiger partial charge in [-0.25, -0.2) is 0 Å². The average molecular weight is 320 g/mol. The molecule has 3 rings (SSSR count). The van der Waals surface area contributed by atoms with Crippen LogP contribution in [0.1, 0.15) is 35.9 Å². The van der Waals surface area contributed by atoms with Gasteiger partial charge in [-0.05, 0) is 32.3 Å². The van der Waals surface area contributed by atoms with E-state index in [1.54, 1.807) is 9.80 Å². The van der Waals surface area contributed by atoms with Gasteiger partial charge in [0.05, 0.1) is 0 Å². The van der Waals surface area contributed by atoms with E-state index in [4.69, 9.17) is 4.74 Å². The third kappa shape index (κ3) is 3.55. The van der Waals surface area contributed by atoms with E-state index in [0.29, 0.717) is 38.5 Å². The summed E-state index contributed by atoms with van der Waals surface area (Å²) in [5.41, 5.74) is 1.70. The van der Waals surface area contributed by atoms with E-state index in [2.05, 4.69) is 5.10 Å². The molecule has 7 nitrogen and oxygen atoms in total. The topological polar surface area (TPSA) is 67.7 Å². The van der Waals surface area contributed by atoms with Crippen LogP contribution in [-0.4, -0.2) is 70.8 Å². The van der Waals surface area contributed by atoms with E-state index in [9.17, 15) is 9.59 Å². The molecule has 2 aliphatic heterocycles. The second-order valence-electron chi connectivity index (χ2n) is 6.01. The lowest BCUT2D eigenvalue weighted by molar-refractivity contribution is -0.137. The summed E-state index contributed by atoms with van der Waals surface area (Å²) in [5.74, 6) is -0.0276. The molecule has 126 valence electrons. The van der Waals surface area contributed by atoms with E-state index < -0.39 is 0 Å². The predicted octanol–water partition coefficient (Wildman–Crippen LogP) is 0.540. The maximum atomic E-state index is 12.6. The summed E-state index contributed by atoms with van der Waals surface area (Å²) in [6.45, 7) is 5.66. The van der Waals surface area contributed by atoms with Crippen LogP contribution in [0.3, 0.4) is 0 Å². The standard InChI is InChI=1S/C16H24N4O3/c1-2-23-12-15(21)18-7-9-19(10-8-18)16(22)14-11-13-5-3-4-6-20(13)17-14/h11H,2-10,12H2,1H3. The molecule has 1 fully saturated rings. The van der Waals surface area contributed by atoms with E-state index in [1.165, 1.54) is 6.42 Å². The first-order valence-corrected chi connectivity index (χ1v) is 8.40. The molecule has 3 heterocycles. The number of hydrogen-bond acceptors (Lipinski definition) is 4. The Bertz CT molecular complexity index is 552. The number of fused-ring (bicyclic) bond motifs is 1. The normalized spacial score (nSPS) is 18.0. The van der Waals surface area contributed by atoms with Gasteiger partial charge in [-0.2, -0.15) is 5.10 Å². The number of aromatic nitrogens is 2. The highest BCUT2D eigenvalue weighted by Crippen LogP contribution is 2.17. The number of ether oxygens (including phenoxy) is 1. The molecular weight excluding hydrogens is 296 g/mol. The quantitative estimate of drug-likeness (QED) is 0.812. The fourth-order valence-corrected chi connectivity index (χ4v) is 3.12. The summed E-state index contributed by atoms with van der Waals surface area (Å²) in [4.78, 5) is 28.1. The summed E-state index contributed by atoms with van der Waals surface area (Å²) in [6, 6.07) is 1.92. The van der Waals surface area contributed by atoms with Crippen LogP contribution in [0.5, 0.6) is 0 Å². The third-order valence-corrected chi connectivity index (χ3v) is 4.48. The molecule has 7 heteroatoms. The first-order chi connectivity index (χ1) is 11.2. The Kier molecular flexibility index (Phi) is 4.95.